The van der Waals surface area contributed by atoms with Crippen molar-refractivity contribution in [3.05, 3.63) is 52.8 Å². The minimum atomic E-state index is 0.0813. The number of carbonyl (C=O) groups is 1. The second-order valence-electron chi connectivity index (χ2n) is 6.48. The molecule has 0 spiro atoms. The summed E-state index contributed by atoms with van der Waals surface area (Å²) >= 11 is 0. The van der Waals surface area contributed by atoms with Crippen LogP contribution in [0.4, 0.5) is 0 Å². The van der Waals surface area contributed by atoms with Gasteiger partial charge in [-0.2, -0.15) is 5.10 Å². The molecule has 140 valence electrons. The van der Waals surface area contributed by atoms with Gasteiger partial charge in [0.2, 0.25) is 5.91 Å². The van der Waals surface area contributed by atoms with Gasteiger partial charge in [-0.15, -0.1) is 0 Å². The molecule has 0 radical (unpaired) electrons. The highest BCUT2D eigenvalue weighted by atomic mass is 16.5. The van der Waals surface area contributed by atoms with Crippen molar-refractivity contribution in [2.45, 2.75) is 38.8 Å². The second-order valence-corrected chi connectivity index (χ2v) is 6.48. The number of nitrogens with one attached hydrogen (secondary N) is 1. The van der Waals surface area contributed by atoms with Crippen molar-refractivity contribution < 1.29 is 14.3 Å². The summed E-state index contributed by atoms with van der Waals surface area (Å²) in [5.74, 6) is 0.0813. The average molecular weight is 357 g/mol. The Hall–Kier alpha value is -2.18. The molecule has 1 aromatic carbocycles. The highest BCUT2D eigenvalue weighted by Gasteiger charge is 2.20. The van der Waals surface area contributed by atoms with E-state index >= 15 is 0 Å². The third-order valence-corrected chi connectivity index (χ3v) is 4.65. The van der Waals surface area contributed by atoms with Crippen LogP contribution in [-0.2, 0) is 46.7 Å². The van der Waals surface area contributed by atoms with Crippen LogP contribution < -0.4 is 5.32 Å². The Labute approximate surface area is 154 Å². The number of ether oxygens (including phenoxy) is 2. The fourth-order valence-electron chi connectivity index (χ4n) is 3.25. The van der Waals surface area contributed by atoms with E-state index in [-0.39, 0.29) is 5.91 Å². The van der Waals surface area contributed by atoms with Gasteiger partial charge < -0.3 is 14.8 Å². The summed E-state index contributed by atoms with van der Waals surface area (Å²) in [6.07, 6.45) is 2.88. The largest absolute Gasteiger partial charge is 0.383 e. The van der Waals surface area contributed by atoms with E-state index in [1.165, 1.54) is 16.8 Å². The van der Waals surface area contributed by atoms with E-state index in [0.29, 0.717) is 26.2 Å². The van der Waals surface area contributed by atoms with Gasteiger partial charge >= 0.3 is 0 Å². The van der Waals surface area contributed by atoms with E-state index < -0.39 is 0 Å². The number of aromatic nitrogens is 2. The Bertz CT molecular complexity index is 713. The fraction of sp³-hybridized carbons (Fsp3) is 0.500. The molecule has 0 atom stereocenters. The minimum Gasteiger partial charge on any atom is -0.383 e. The maximum Gasteiger partial charge on any atom is 0.220 e. The Balaban J connectivity index is 1.49. The molecule has 6 heteroatoms. The van der Waals surface area contributed by atoms with Crippen LogP contribution in [0.15, 0.2) is 30.3 Å². The van der Waals surface area contributed by atoms with Crippen LogP contribution in [0.2, 0.25) is 0 Å². The lowest BCUT2D eigenvalue weighted by atomic mass is 10.1. The first-order chi connectivity index (χ1) is 12.8. The summed E-state index contributed by atoms with van der Waals surface area (Å²) in [6.45, 7) is 3.34. The molecule has 1 amide bonds. The molecule has 6 nitrogen and oxygen atoms in total. The van der Waals surface area contributed by atoms with E-state index in [1.54, 1.807) is 7.11 Å². The maximum absolute atomic E-state index is 12.1. The Kier molecular flexibility index (Phi) is 6.80. The molecule has 0 bridgehead atoms. The molecular weight excluding hydrogens is 330 g/mol. The van der Waals surface area contributed by atoms with E-state index in [9.17, 15) is 4.79 Å². The first-order valence-electron chi connectivity index (χ1n) is 9.22. The summed E-state index contributed by atoms with van der Waals surface area (Å²) in [6, 6.07) is 10.1. The molecule has 26 heavy (non-hydrogen) atoms. The molecule has 1 aliphatic rings. The summed E-state index contributed by atoms with van der Waals surface area (Å²) in [4.78, 5) is 12.1. The van der Waals surface area contributed by atoms with Crippen LogP contribution in [0.25, 0.3) is 0 Å². The first kappa shape index (κ1) is 18.6. The fourth-order valence-corrected chi connectivity index (χ4v) is 3.25. The topological polar surface area (TPSA) is 65.4 Å². The predicted molar refractivity (Wildman–Crippen MR) is 98.9 cm³/mol. The van der Waals surface area contributed by atoms with Gasteiger partial charge in [0.1, 0.15) is 0 Å². The van der Waals surface area contributed by atoms with Crippen molar-refractivity contribution in [2.24, 2.45) is 0 Å². The lowest BCUT2D eigenvalue weighted by Gasteiger charge is -2.15. The lowest BCUT2D eigenvalue weighted by Crippen LogP contribution is -2.26. The second kappa shape index (κ2) is 9.50. The zero-order chi connectivity index (χ0) is 18.2. The highest BCUT2D eigenvalue weighted by Crippen LogP contribution is 2.21. The van der Waals surface area contributed by atoms with Gasteiger partial charge in [0.15, 0.2) is 0 Å². The van der Waals surface area contributed by atoms with Crippen LogP contribution in [0.3, 0.4) is 0 Å². The van der Waals surface area contributed by atoms with Gasteiger partial charge in [-0.05, 0) is 12.0 Å². The number of hydrogen-bond acceptors (Lipinski definition) is 4. The quantitative estimate of drug-likeness (QED) is 0.744. The number of amides is 1. The molecule has 1 N–H and O–H groups in total. The number of carbonyl (C=O) groups excluding carboxylic acids is 1. The zero-order valence-electron chi connectivity index (χ0n) is 15.4. The number of methoxy groups -OCH3 is 1. The first-order valence-corrected chi connectivity index (χ1v) is 9.22. The molecular formula is C20H27N3O3. The van der Waals surface area contributed by atoms with E-state index in [4.69, 9.17) is 14.6 Å². The van der Waals surface area contributed by atoms with Crippen molar-refractivity contribution in [1.82, 2.24) is 15.1 Å². The molecule has 0 saturated carbocycles. The van der Waals surface area contributed by atoms with Gasteiger partial charge in [0, 0.05) is 44.2 Å². The van der Waals surface area contributed by atoms with Crippen molar-refractivity contribution in [2.75, 3.05) is 26.9 Å². The maximum atomic E-state index is 12.1. The Morgan fingerprint density at radius 2 is 2.15 bits per heavy atom. The number of rotatable bonds is 9. The molecule has 3 rings (SSSR count). The summed E-state index contributed by atoms with van der Waals surface area (Å²) in [7, 11) is 1.70. The smallest absolute Gasteiger partial charge is 0.220 e. The summed E-state index contributed by atoms with van der Waals surface area (Å²) < 4.78 is 12.8. The van der Waals surface area contributed by atoms with Crippen LogP contribution in [0, 0.1) is 0 Å². The third-order valence-electron chi connectivity index (χ3n) is 4.65. The normalized spacial score (nSPS) is 13.4. The minimum absolute atomic E-state index is 0.0813. The SMILES string of the molecule is COCCn1nc(CCNC(=O)CCc2ccccc2)c2c1CCOC2. The number of nitrogens with zero attached hydrogens (tertiary/aromatic N) is 2. The molecule has 0 aliphatic carbocycles. The number of aryl methyl sites for hydroxylation is 1. The number of fused-ring (bicyclic) bond motifs is 1. The zero-order valence-corrected chi connectivity index (χ0v) is 15.4. The molecule has 1 aromatic heterocycles. The lowest BCUT2D eigenvalue weighted by molar-refractivity contribution is -0.121. The van der Waals surface area contributed by atoms with Gasteiger partial charge in [-0.1, -0.05) is 30.3 Å². The van der Waals surface area contributed by atoms with E-state index in [0.717, 1.165) is 38.1 Å². The highest BCUT2D eigenvalue weighted by molar-refractivity contribution is 5.76. The summed E-state index contributed by atoms with van der Waals surface area (Å²) in [5.41, 5.74) is 4.65. The Morgan fingerprint density at radius 3 is 2.96 bits per heavy atom. The van der Waals surface area contributed by atoms with Crippen LogP contribution in [0.5, 0.6) is 0 Å². The van der Waals surface area contributed by atoms with Crippen molar-refractivity contribution in [3.8, 4) is 0 Å². The van der Waals surface area contributed by atoms with Crippen molar-refractivity contribution in [1.29, 1.82) is 0 Å². The molecule has 0 unspecified atom stereocenters. The predicted octanol–water partition coefficient (Wildman–Crippen LogP) is 1.89. The number of benzene rings is 1. The van der Waals surface area contributed by atoms with Crippen molar-refractivity contribution >= 4 is 5.91 Å². The van der Waals surface area contributed by atoms with E-state index in [1.807, 2.05) is 35.0 Å². The molecule has 2 aromatic rings. The van der Waals surface area contributed by atoms with Gasteiger partial charge in [-0.25, -0.2) is 0 Å². The van der Waals surface area contributed by atoms with E-state index in [2.05, 4.69) is 5.32 Å². The van der Waals surface area contributed by atoms with Crippen LogP contribution in [0.1, 0.15) is 28.9 Å². The molecule has 1 aliphatic heterocycles. The van der Waals surface area contributed by atoms with Gasteiger partial charge in [-0.3, -0.25) is 9.48 Å². The molecule has 2 heterocycles. The van der Waals surface area contributed by atoms with Crippen molar-refractivity contribution in [3.63, 3.8) is 0 Å². The third kappa shape index (κ3) is 4.93. The van der Waals surface area contributed by atoms with Crippen LogP contribution >= 0.6 is 0 Å². The molecule has 0 fully saturated rings. The Morgan fingerprint density at radius 1 is 1.31 bits per heavy atom. The average Bonchev–Trinajstić information content (AvgIpc) is 3.03. The summed E-state index contributed by atoms with van der Waals surface area (Å²) in [5, 5.41) is 7.73. The van der Waals surface area contributed by atoms with Crippen LogP contribution in [-0.4, -0.2) is 42.6 Å². The molecule has 0 saturated heterocycles. The van der Waals surface area contributed by atoms with Gasteiger partial charge in [0.25, 0.3) is 0 Å². The number of hydrogen-bond donors (Lipinski definition) is 1. The van der Waals surface area contributed by atoms with Gasteiger partial charge in [0.05, 0.1) is 32.1 Å². The standard InChI is InChI=1S/C20H27N3O3/c1-25-14-12-23-19-10-13-26-15-17(19)18(22-23)9-11-21-20(24)8-7-16-5-3-2-4-6-16/h2-6H,7-15H2,1H3,(H,21,24). The monoisotopic (exact) mass is 357 g/mol.